The summed E-state index contributed by atoms with van der Waals surface area (Å²) in [5.74, 6) is 1.42. The number of hydrogen-bond donors (Lipinski definition) is 0. The zero-order valence-corrected chi connectivity index (χ0v) is 13.3. The smallest absolute Gasteiger partial charge is 0.227 e. The van der Waals surface area contributed by atoms with E-state index in [0.717, 1.165) is 37.3 Å². The van der Waals surface area contributed by atoms with Crippen LogP contribution in [0.25, 0.3) is 11.2 Å². The summed E-state index contributed by atoms with van der Waals surface area (Å²) in [4.78, 5) is 26.1. The lowest BCUT2D eigenvalue weighted by Gasteiger charge is -2.34. The zero-order valence-electron chi connectivity index (χ0n) is 12.6. The minimum atomic E-state index is 0.546. The van der Waals surface area contributed by atoms with E-state index in [1.165, 1.54) is 0 Å². The highest BCUT2D eigenvalue weighted by Gasteiger charge is 2.21. The van der Waals surface area contributed by atoms with Crippen LogP contribution < -0.4 is 9.80 Å². The van der Waals surface area contributed by atoms with Crippen molar-refractivity contribution in [3.8, 4) is 0 Å². The van der Waals surface area contributed by atoms with Crippen molar-refractivity contribution in [3.63, 3.8) is 0 Å². The lowest BCUT2D eigenvalue weighted by atomic mass is 10.3. The van der Waals surface area contributed by atoms with E-state index < -0.39 is 0 Å². The molecule has 118 valence electrons. The molecule has 3 aromatic heterocycles. The van der Waals surface area contributed by atoms with E-state index in [1.807, 2.05) is 17.8 Å². The zero-order chi connectivity index (χ0) is 15.8. The van der Waals surface area contributed by atoms with Crippen molar-refractivity contribution in [3.05, 3.63) is 29.9 Å². The number of hydrogen-bond acceptors (Lipinski definition) is 7. The minimum Gasteiger partial charge on any atom is -0.337 e. The van der Waals surface area contributed by atoms with Crippen molar-refractivity contribution in [2.24, 2.45) is 7.05 Å². The molecule has 1 aliphatic rings. The van der Waals surface area contributed by atoms with Gasteiger partial charge >= 0.3 is 0 Å². The second-order valence-corrected chi connectivity index (χ2v) is 5.85. The SMILES string of the molecule is Cn1cnc2nc(N3CCN(c4ncc(Cl)cn4)CC3)ncc21. The van der Waals surface area contributed by atoms with Gasteiger partial charge in [-0.25, -0.2) is 19.9 Å². The van der Waals surface area contributed by atoms with Crippen LogP contribution in [-0.4, -0.2) is 55.7 Å². The largest absolute Gasteiger partial charge is 0.337 e. The van der Waals surface area contributed by atoms with Gasteiger partial charge in [0.25, 0.3) is 0 Å². The summed E-state index contributed by atoms with van der Waals surface area (Å²) in [6.07, 6.45) is 6.81. The molecular weight excluding hydrogens is 316 g/mol. The van der Waals surface area contributed by atoms with Crippen LogP contribution in [-0.2, 0) is 7.05 Å². The number of rotatable bonds is 2. The first-order chi connectivity index (χ1) is 11.2. The van der Waals surface area contributed by atoms with Crippen LogP contribution >= 0.6 is 11.6 Å². The molecule has 3 aromatic rings. The molecule has 0 radical (unpaired) electrons. The van der Waals surface area contributed by atoms with Crippen LogP contribution in [0, 0.1) is 0 Å². The average molecular weight is 331 g/mol. The molecule has 0 bridgehead atoms. The molecule has 8 nitrogen and oxygen atoms in total. The first-order valence-electron chi connectivity index (χ1n) is 7.32. The van der Waals surface area contributed by atoms with Gasteiger partial charge in [0.15, 0.2) is 5.65 Å². The molecule has 4 heterocycles. The van der Waals surface area contributed by atoms with Crippen molar-refractivity contribution in [1.29, 1.82) is 0 Å². The number of anilines is 2. The van der Waals surface area contributed by atoms with Crippen molar-refractivity contribution in [2.75, 3.05) is 36.0 Å². The number of aromatic nitrogens is 6. The fourth-order valence-corrected chi connectivity index (χ4v) is 2.73. The van der Waals surface area contributed by atoms with E-state index in [1.54, 1.807) is 18.7 Å². The van der Waals surface area contributed by atoms with Crippen molar-refractivity contribution >= 4 is 34.7 Å². The summed E-state index contributed by atoms with van der Waals surface area (Å²) in [6.45, 7) is 3.24. The van der Waals surface area contributed by atoms with Crippen molar-refractivity contribution in [2.45, 2.75) is 0 Å². The quantitative estimate of drug-likeness (QED) is 0.697. The Hall–Kier alpha value is -2.48. The van der Waals surface area contributed by atoms with E-state index in [-0.39, 0.29) is 0 Å². The molecule has 4 rings (SSSR count). The molecule has 23 heavy (non-hydrogen) atoms. The summed E-state index contributed by atoms with van der Waals surface area (Å²) in [5.41, 5.74) is 1.66. The van der Waals surface area contributed by atoms with Gasteiger partial charge in [-0.2, -0.15) is 4.98 Å². The molecule has 1 aliphatic heterocycles. The fourth-order valence-electron chi connectivity index (χ4n) is 2.63. The standard InChI is InChI=1S/C14H15ClN8/c1-21-9-19-12-11(21)8-18-14(20-12)23-4-2-22(3-5-23)13-16-6-10(15)7-17-13/h6-9H,2-5H2,1H3. The maximum atomic E-state index is 5.83. The monoisotopic (exact) mass is 330 g/mol. The first-order valence-corrected chi connectivity index (χ1v) is 7.70. The molecule has 0 aliphatic carbocycles. The lowest BCUT2D eigenvalue weighted by Crippen LogP contribution is -2.47. The fraction of sp³-hybridized carbons (Fsp3) is 0.357. The highest BCUT2D eigenvalue weighted by atomic mass is 35.5. The highest BCUT2D eigenvalue weighted by molar-refractivity contribution is 6.30. The molecule has 0 spiro atoms. The number of imidazole rings is 1. The third kappa shape index (κ3) is 2.65. The molecule has 0 N–H and O–H groups in total. The Morgan fingerprint density at radius 3 is 2.17 bits per heavy atom. The van der Waals surface area contributed by atoms with Gasteiger partial charge in [-0.05, 0) is 0 Å². The van der Waals surface area contributed by atoms with Gasteiger partial charge in [-0.3, -0.25) is 0 Å². The topological polar surface area (TPSA) is 75.9 Å². The predicted molar refractivity (Wildman–Crippen MR) is 87.8 cm³/mol. The maximum absolute atomic E-state index is 5.83. The summed E-state index contributed by atoms with van der Waals surface area (Å²) in [6, 6.07) is 0. The predicted octanol–water partition coefficient (Wildman–Crippen LogP) is 1.13. The van der Waals surface area contributed by atoms with Gasteiger partial charge in [-0.15, -0.1) is 0 Å². The molecule has 1 saturated heterocycles. The number of fused-ring (bicyclic) bond motifs is 1. The average Bonchev–Trinajstić information content (AvgIpc) is 2.96. The van der Waals surface area contributed by atoms with E-state index in [4.69, 9.17) is 11.6 Å². The van der Waals surface area contributed by atoms with E-state index in [2.05, 4.69) is 34.7 Å². The Labute approximate surface area is 137 Å². The first kappa shape index (κ1) is 14.1. The lowest BCUT2D eigenvalue weighted by molar-refractivity contribution is 0.629. The highest BCUT2D eigenvalue weighted by Crippen LogP contribution is 2.17. The Morgan fingerprint density at radius 1 is 0.870 bits per heavy atom. The Bertz CT molecular complexity index is 822. The van der Waals surface area contributed by atoms with Crippen LogP contribution in [0.2, 0.25) is 5.02 Å². The molecule has 1 fully saturated rings. The molecule has 0 aromatic carbocycles. The van der Waals surface area contributed by atoms with Crippen LogP contribution in [0.15, 0.2) is 24.9 Å². The number of halogens is 1. The van der Waals surface area contributed by atoms with Gasteiger partial charge < -0.3 is 14.4 Å². The number of piperazine rings is 1. The number of aryl methyl sites for hydroxylation is 1. The van der Waals surface area contributed by atoms with Crippen LogP contribution in [0.4, 0.5) is 11.9 Å². The van der Waals surface area contributed by atoms with Gasteiger partial charge in [0.05, 0.1) is 29.9 Å². The molecule has 0 amide bonds. The summed E-state index contributed by atoms with van der Waals surface area (Å²) >= 11 is 5.83. The Morgan fingerprint density at radius 2 is 1.48 bits per heavy atom. The van der Waals surface area contributed by atoms with E-state index in [0.29, 0.717) is 16.9 Å². The number of nitrogens with zero attached hydrogens (tertiary/aromatic N) is 8. The third-order valence-corrected chi connectivity index (χ3v) is 4.12. The summed E-state index contributed by atoms with van der Waals surface area (Å²) in [7, 11) is 1.93. The van der Waals surface area contributed by atoms with Crippen LogP contribution in [0.5, 0.6) is 0 Å². The normalized spacial score (nSPS) is 15.4. The van der Waals surface area contributed by atoms with Gasteiger partial charge in [0.2, 0.25) is 11.9 Å². The minimum absolute atomic E-state index is 0.546. The summed E-state index contributed by atoms with van der Waals surface area (Å²) < 4.78 is 1.91. The van der Waals surface area contributed by atoms with E-state index >= 15 is 0 Å². The molecule has 0 unspecified atom stereocenters. The van der Waals surface area contributed by atoms with Gasteiger partial charge in [0, 0.05) is 33.2 Å². The third-order valence-electron chi connectivity index (χ3n) is 3.92. The van der Waals surface area contributed by atoms with Gasteiger partial charge in [0.1, 0.15) is 5.52 Å². The van der Waals surface area contributed by atoms with Crippen molar-refractivity contribution in [1.82, 2.24) is 29.5 Å². The van der Waals surface area contributed by atoms with Crippen molar-refractivity contribution < 1.29 is 0 Å². The molecular formula is C14H15ClN8. The Balaban J connectivity index is 1.48. The van der Waals surface area contributed by atoms with Gasteiger partial charge in [-0.1, -0.05) is 11.6 Å². The molecule has 0 atom stereocenters. The van der Waals surface area contributed by atoms with Crippen LogP contribution in [0.3, 0.4) is 0 Å². The summed E-state index contributed by atoms with van der Waals surface area (Å²) in [5, 5.41) is 0.546. The van der Waals surface area contributed by atoms with Crippen LogP contribution in [0.1, 0.15) is 0 Å². The Kier molecular flexibility index (Phi) is 3.45. The maximum Gasteiger partial charge on any atom is 0.227 e. The van der Waals surface area contributed by atoms with E-state index in [9.17, 15) is 0 Å². The molecule has 0 saturated carbocycles. The second-order valence-electron chi connectivity index (χ2n) is 5.41. The molecule has 9 heteroatoms. The second kappa shape index (κ2) is 5.62.